The number of hydrogen-bond acceptors (Lipinski definition) is 3. The minimum atomic E-state index is -0.838. The van der Waals surface area contributed by atoms with Gasteiger partial charge >= 0.3 is 0 Å². The van der Waals surface area contributed by atoms with Crippen molar-refractivity contribution < 1.29 is 9.66 Å². The standard InChI is InChI=1S/C21H22BrNO3/c1-3-7-18-14(2)19(15-8-5-4-6-9-15)20(23(24)25)21(26-18)16-10-12-17(22)13-11-16/h3-6,8-14,18-21H,1,7H2,2H3/t14-,18+,19-,20-,21+/m0/s1. The molecular weight excluding hydrogens is 394 g/mol. The SMILES string of the molecule is C=CC[C@H]1O[C@H](c2ccc(Br)cc2)[C@@H]([N+](=O)[O-])[C@H](c2ccccc2)[C@H]1C. The van der Waals surface area contributed by atoms with Crippen LogP contribution in [0.1, 0.15) is 36.5 Å². The number of nitrogens with zero attached hydrogens (tertiary/aromatic N) is 1. The lowest BCUT2D eigenvalue weighted by Crippen LogP contribution is -2.48. The van der Waals surface area contributed by atoms with Crippen LogP contribution in [-0.2, 0) is 4.74 Å². The molecule has 0 bridgehead atoms. The maximum absolute atomic E-state index is 12.1. The van der Waals surface area contributed by atoms with Crippen molar-refractivity contribution in [2.24, 2.45) is 5.92 Å². The van der Waals surface area contributed by atoms with E-state index in [-0.39, 0.29) is 22.9 Å². The van der Waals surface area contributed by atoms with Gasteiger partial charge in [-0.3, -0.25) is 10.1 Å². The fourth-order valence-electron chi connectivity index (χ4n) is 3.90. The van der Waals surface area contributed by atoms with Gasteiger partial charge in [0.2, 0.25) is 6.04 Å². The highest BCUT2D eigenvalue weighted by Crippen LogP contribution is 2.46. The molecule has 1 aliphatic heterocycles. The van der Waals surface area contributed by atoms with Gasteiger partial charge in [-0.05, 0) is 35.6 Å². The van der Waals surface area contributed by atoms with Crippen LogP contribution in [0.5, 0.6) is 0 Å². The molecule has 0 saturated carbocycles. The molecule has 26 heavy (non-hydrogen) atoms. The van der Waals surface area contributed by atoms with Gasteiger partial charge in [-0.25, -0.2) is 0 Å². The summed E-state index contributed by atoms with van der Waals surface area (Å²) in [7, 11) is 0. The Bertz CT molecular complexity index is 763. The average molecular weight is 416 g/mol. The number of ether oxygens (including phenoxy) is 1. The summed E-state index contributed by atoms with van der Waals surface area (Å²) in [6.45, 7) is 5.87. The highest BCUT2D eigenvalue weighted by molar-refractivity contribution is 9.10. The highest BCUT2D eigenvalue weighted by Gasteiger charge is 2.51. The number of halogens is 1. The monoisotopic (exact) mass is 415 g/mol. The zero-order valence-corrected chi connectivity index (χ0v) is 16.2. The molecule has 3 rings (SSSR count). The molecule has 1 fully saturated rings. The molecule has 5 atom stereocenters. The van der Waals surface area contributed by atoms with Gasteiger partial charge in [0.1, 0.15) is 0 Å². The van der Waals surface area contributed by atoms with Crippen LogP contribution >= 0.6 is 15.9 Å². The Kier molecular flexibility index (Phi) is 5.89. The maximum atomic E-state index is 12.1. The summed E-state index contributed by atoms with van der Waals surface area (Å²) in [6.07, 6.45) is 1.79. The van der Waals surface area contributed by atoms with Crippen LogP contribution in [0.25, 0.3) is 0 Å². The molecule has 0 aliphatic carbocycles. The number of nitro groups is 1. The fraction of sp³-hybridized carbons (Fsp3) is 0.333. The molecule has 0 amide bonds. The van der Waals surface area contributed by atoms with Crippen LogP contribution in [0.4, 0.5) is 0 Å². The minimum Gasteiger partial charge on any atom is -0.362 e. The quantitative estimate of drug-likeness (QED) is 0.366. The third kappa shape index (κ3) is 3.74. The van der Waals surface area contributed by atoms with Crippen LogP contribution in [0, 0.1) is 16.0 Å². The highest BCUT2D eigenvalue weighted by atomic mass is 79.9. The summed E-state index contributed by atoms with van der Waals surface area (Å²) in [5.74, 6) is -0.212. The normalized spacial score (nSPS) is 28.5. The molecule has 2 aromatic rings. The van der Waals surface area contributed by atoms with E-state index in [1.54, 1.807) is 0 Å². The minimum absolute atomic E-state index is 0.0116. The first-order valence-corrected chi connectivity index (χ1v) is 9.52. The molecular formula is C21H22BrNO3. The molecule has 136 valence electrons. The van der Waals surface area contributed by atoms with Crippen molar-refractivity contribution in [3.8, 4) is 0 Å². The van der Waals surface area contributed by atoms with E-state index in [0.29, 0.717) is 6.42 Å². The van der Waals surface area contributed by atoms with E-state index in [2.05, 4.69) is 22.5 Å². The number of hydrogen-bond donors (Lipinski definition) is 0. The van der Waals surface area contributed by atoms with Gasteiger partial charge in [-0.2, -0.15) is 0 Å². The van der Waals surface area contributed by atoms with Crippen molar-refractivity contribution in [3.63, 3.8) is 0 Å². The van der Waals surface area contributed by atoms with E-state index in [9.17, 15) is 10.1 Å². The molecule has 0 unspecified atom stereocenters. The predicted octanol–water partition coefficient (Wildman–Crippen LogP) is 5.53. The molecule has 0 spiro atoms. The van der Waals surface area contributed by atoms with E-state index >= 15 is 0 Å². The lowest BCUT2D eigenvalue weighted by Gasteiger charge is -2.42. The smallest absolute Gasteiger partial charge is 0.250 e. The van der Waals surface area contributed by atoms with E-state index in [1.165, 1.54) is 0 Å². The van der Waals surface area contributed by atoms with Crippen molar-refractivity contribution in [2.45, 2.75) is 37.5 Å². The first-order chi connectivity index (χ1) is 12.5. The van der Waals surface area contributed by atoms with Gasteiger partial charge in [0.05, 0.1) is 12.0 Å². The van der Waals surface area contributed by atoms with E-state index in [0.717, 1.165) is 15.6 Å². The molecule has 5 heteroatoms. The van der Waals surface area contributed by atoms with E-state index < -0.39 is 12.1 Å². The predicted molar refractivity (Wildman–Crippen MR) is 106 cm³/mol. The van der Waals surface area contributed by atoms with E-state index in [1.807, 2.05) is 67.6 Å². The maximum Gasteiger partial charge on any atom is 0.250 e. The molecule has 4 nitrogen and oxygen atoms in total. The fourth-order valence-corrected chi connectivity index (χ4v) is 4.17. The van der Waals surface area contributed by atoms with Crippen molar-refractivity contribution in [1.29, 1.82) is 0 Å². The topological polar surface area (TPSA) is 52.4 Å². The van der Waals surface area contributed by atoms with Crippen molar-refractivity contribution >= 4 is 15.9 Å². The van der Waals surface area contributed by atoms with Crippen molar-refractivity contribution in [3.05, 3.63) is 93.0 Å². The third-order valence-corrected chi connectivity index (χ3v) is 5.71. The summed E-state index contributed by atoms with van der Waals surface area (Å²) in [5, 5.41) is 12.1. The second kappa shape index (κ2) is 8.14. The summed E-state index contributed by atoms with van der Waals surface area (Å²) in [5.41, 5.74) is 1.82. The molecule has 2 aromatic carbocycles. The van der Waals surface area contributed by atoms with Crippen LogP contribution in [0.15, 0.2) is 71.7 Å². The second-order valence-electron chi connectivity index (χ2n) is 6.74. The summed E-state index contributed by atoms with van der Waals surface area (Å²) in [6, 6.07) is 16.5. The van der Waals surface area contributed by atoms with Gasteiger partial charge in [0.15, 0.2) is 6.10 Å². The first kappa shape index (κ1) is 18.8. The Morgan fingerprint density at radius 2 is 1.81 bits per heavy atom. The third-order valence-electron chi connectivity index (χ3n) is 5.18. The first-order valence-electron chi connectivity index (χ1n) is 8.73. The molecule has 0 N–H and O–H groups in total. The van der Waals surface area contributed by atoms with Crippen molar-refractivity contribution in [2.75, 3.05) is 0 Å². The Morgan fingerprint density at radius 1 is 1.15 bits per heavy atom. The largest absolute Gasteiger partial charge is 0.362 e. The van der Waals surface area contributed by atoms with E-state index in [4.69, 9.17) is 4.74 Å². The summed E-state index contributed by atoms with van der Waals surface area (Å²) in [4.78, 5) is 11.9. The lowest BCUT2D eigenvalue weighted by molar-refractivity contribution is -0.551. The zero-order chi connectivity index (χ0) is 18.7. The van der Waals surface area contributed by atoms with Crippen LogP contribution in [-0.4, -0.2) is 17.1 Å². The Hall–Kier alpha value is -1.98. The van der Waals surface area contributed by atoms with Crippen molar-refractivity contribution in [1.82, 2.24) is 0 Å². The Morgan fingerprint density at radius 3 is 2.38 bits per heavy atom. The molecule has 1 heterocycles. The zero-order valence-electron chi connectivity index (χ0n) is 14.6. The van der Waals surface area contributed by atoms with Crippen LogP contribution in [0.2, 0.25) is 0 Å². The lowest BCUT2D eigenvalue weighted by atomic mass is 9.73. The van der Waals surface area contributed by atoms with Crippen LogP contribution in [0.3, 0.4) is 0 Å². The number of benzene rings is 2. The van der Waals surface area contributed by atoms with Gasteiger partial charge in [0, 0.05) is 9.40 Å². The molecule has 1 saturated heterocycles. The van der Waals surface area contributed by atoms with Gasteiger partial charge < -0.3 is 4.74 Å². The number of rotatable bonds is 5. The second-order valence-corrected chi connectivity index (χ2v) is 7.66. The van der Waals surface area contributed by atoms with Gasteiger partial charge in [-0.1, -0.05) is 71.4 Å². The van der Waals surface area contributed by atoms with Gasteiger partial charge in [-0.15, -0.1) is 6.58 Å². The molecule has 0 aromatic heterocycles. The Balaban J connectivity index is 2.08. The molecule has 1 aliphatic rings. The van der Waals surface area contributed by atoms with Gasteiger partial charge in [0.25, 0.3) is 0 Å². The average Bonchev–Trinajstić information content (AvgIpc) is 2.64. The Labute approximate surface area is 162 Å². The summed E-state index contributed by atoms with van der Waals surface area (Å²) < 4.78 is 7.20. The summed E-state index contributed by atoms with van der Waals surface area (Å²) >= 11 is 3.42. The van der Waals surface area contributed by atoms with Crippen LogP contribution < -0.4 is 0 Å². The molecule has 0 radical (unpaired) electrons.